The van der Waals surface area contributed by atoms with Gasteiger partial charge in [0.25, 0.3) is 0 Å². The molecule has 0 fully saturated rings. The van der Waals surface area contributed by atoms with Crippen molar-refractivity contribution in [2.45, 2.75) is 26.2 Å². The fraction of sp³-hybridized carbons (Fsp3) is 0.294. The molecular weight excluding hydrogens is 320 g/mol. The zero-order valence-electron chi connectivity index (χ0n) is 11.3. The monoisotopic (exact) mass is 336 g/mol. The Labute approximate surface area is 128 Å². The number of aryl methyl sites for hydroxylation is 2. The van der Waals surface area contributed by atoms with Gasteiger partial charge in [-0.15, -0.1) is 0 Å². The minimum atomic E-state index is 0.458. The summed E-state index contributed by atoms with van der Waals surface area (Å²) in [7, 11) is 0. The molecule has 0 nitrogen and oxygen atoms in total. The summed E-state index contributed by atoms with van der Waals surface area (Å²) in [4.78, 5) is 0. The molecule has 2 heteroatoms. The number of alkyl halides is 1. The highest BCUT2D eigenvalue weighted by Crippen LogP contribution is 2.26. The second-order valence-electron chi connectivity index (χ2n) is 5.11. The Hall–Kier alpha value is -0.790. The van der Waals surface area contributed by atoms with Gasteiger partial charge in [-0.1, -0.05) is 69.0 Å². The summed E-state index contributed by atoms with van der Waals surface area (Å²) in [6.45, 7) is 4.30. The van der Waals surface area contributed by atoms with Crippen LogP contribution in [0.25, 0.3) is 0 Å². The van der Waals surface area contributed by atoms with E-state index >= 15 is 0 Å². The van der Waals surface area contributed by atoms with Crippen molar-refractivity contribution in [2.75, 3.05) is 5.33 Å². The van der Waals surface area contributed by atoms with Crippen LogP contribution in [0.4, 0.5) is 0 Å². The molecule has 0 aromatic heterocycles. The average Bonchev–Trinajstić information content (AvgIpc) is 2.34. The van der Waals surface area contributed by atoms with Crippen LogP contribution in [-0.4, -0.2) is 5.33 Å². The molecule has 0 spiro atoms. The third-order valence-electron chi connectivity index (χ3n) is 3.27. The molecule has 0 aliphatic carbocycles. The van der Waals surface area contributed by atoms with Crippen LogP contribution in [0.1, 0.15) is 28.2 Å². The Morgan fingerprint density at radius 1 is 1.05 bits per heavy atom. The molecule has 2 aromatic carbocycles. The maximum atomic E-state index is 6.08. The van der Waals surface area contributed by atoms with Gasteiger partial charge in [0.05, 0.1) is 0 Å². The lowest BCUT2D eigenvalue weighted by Crippen LogP contribution is -2.05. The second kappa shape index (κ2) is 6.58. The van der Waals surface area contributed by atoms with E-state index < -0.39 is 0 Å². The minimum Gasteiger partial charge on any atom is -0.0921 e. The fourth-order valence-electron chi connectivity index (χ4n) is 2.49. The van der Waals surface area contributed by atoms with Crippen LogP contribution in [0.3, 0.4) is 0 Å². The van der Waals surface area contributed by atoms with Crippen LogP contribution in [0.5, 0.6) is 0 Å². The number of benzene rings is 2. The molecule has 0 heterocycles. The first-order valence-electron chi connectivity index (χ1n) is 6.47. The van der Waals surface area contributed by atoms with Gasteiger partial charge in [-0.25, -0.2) is 0 Å². The Morgan fingerprint density at radius 2 is 1.74 bits per heavy atom. The summed E-state index contributed by atoms with van der Waals surface area (Å²) in [5, 5.41) is 1.75. The van der Waals surface area contributed by atoms with Crippen LogP contribution < -0.4 is 0 Å². The van der Waals surface area contributed by atoms with Crippen molar-refractivity contribution in [3.63, 3.8) is 0 Å². The van der Waals surface area contributed by atoms with Gasteiger partial charge in [0.2, 0.25) is 0 Å². The highest BCUT2D eigenvalue weighted by molar-refractivity contribution is 9.09. The quantitative estimate of drug-likeness (QED) is 0.630. The van der Waals surface area contributed by atoms with E-state index in [1.54, 1.807) is 0 Å². The van der Waals surface area contributed by atoms with Crippen molar-refractivity contribution in [1.82, 2.24) is 0 Å². The van der Waals surface area contributed by atoms with E-state index in [9.17, 15) is 0 Å². The molecule has 100 valence electrons. The largest absolute Gasteiger partial charge is 0.0921 e. The summed E-state index contributed by atoms with van der Waals surface area (Å²) in [5.74, 6) is 0.458. The maximum absolute atomic E-state index is 6.08. The molecule has 0 bridgehead atoms. The molecule has 0 amide bonds. The van der Waals surface area contributed by atoms with E-state index in [0.29, 0.717) is 5.92 Å². The molecule has 0 saturated carbocycles. The normalized spacial score (nSPS) is 12.4. The maximum Gasteiger partial charge on any atom is 0.0408 e. The lowest BCUT2D eigenvalue weighted by Gasteiger charge is -2.16. The minimum absolute atomic E-state index is 0.458. The molecule has 19 heavy (non-hydrogen) atoms. The van der Waals surface area contributed by atoms with Crippen LogP contribution in [0.2, 0.25) is 5.02 Å². The first-order valence-corrected chi connectivity index (χ1v) is 7.97. The molecule has 2 aromatic rings. The first kappa shape index (κ1) is 14.6. The molecule has 1 unspecified atom stereocenters. The average molecular weight is 338 g/mol. The van der Waals surface area contributed by atoms with Gasteiger partial charge in [0, 0.05) is 10.4 Å². The van der Waals surface area contributed by atoms with Gasteiger partial charge in [-0.2, -0.15) is 0 Å². The number of hydrogen-bond donors (Lipinski definition) is 0. The standard InChI is InChI=1S/C17H18BrCl/c1-12-6-13(2)8-14(7-12)9-16(11-18)15-4-3-5-17(19)10-15/h3-8,10,16H,9,11H2,1-2H3. The first-order chi connectivity index (χ1) is 9.08. The SMILES string of the molecule is Cc1cc(C)cc(CC(CBr)c2cccc(Cl)c2)c1. The van der Waals surface area contributed by atoms with Crippen molar-refractivity contribution in [2.24, 2.45) is 0 Å². The third kappa shape index (κ3) is 4.09. The lowest BCUT2D eigenvalue weighted by atomic mass is 9.92. The molecule has 2 rings (SSSR count). The van der Waals surface area contributed by atoms with Crippen LogP contribution in [0.15, 0.2) is 42.5 Å². The zero-order valence-corrected chi connectivity index (χ0v) is 13.6. The Balaban J connectivity index is 2.23. The molecule has 0 radical (unpaired) electrons. The number of hydrogen-bond acceptors (Lipinski definition) is 0. The molecule has 0 aliphatic heterocycles. The summed E-state index contributed by atoms with van der Waals surface area (Å²) in [6, 6.07) is 14.9. The molecule has 0 N–H and O–H groups in total. The fourth-order valence-corrected chi connectivity index (χ4v) is 3.29. The summed E-state index contributed by atoms with van der Waals surface area (Å²) in [6.07, 6.45) is 1.04. The highest BCUT2D eigenvalue weighted by atomic mass is 79.9. The van der Waals surface area contributed by atoms with Crippen LogP contribution >= 0.6 is 27.5 Å². The highest BCUT2D eigenvalue weighted by Gasteiger charge is 2.12. The van der Waals surface area contributed by atoms with Gasteiger partial charge >= 0.3 is 0 Å². The van der Waals surface area contributed by atoms with Gasteiger partial charge in [0.15, 0.2) is 0 Å². The zero-order chi connectivity index (χ0) is 13.8. The second-order valence-corrected chi connectivity index (χ2v) is 6.19. The summed E-state index contributed by atoms with van der Waals surface area (Å²) >= 11 is 9.71. The predicted octanol–water partition coefficient (Wildman–Crippen LogP) is 5.68. The Morgan fingerprint density at radius 3 is 2.32 bits per heavy atom. The van der Waals surface area contributed by atoms with Gasteiger partial charge in [-0.3, -0.25) is 0 Å². The van der Waals surface area contributed by atoms with E-state index in [-0.39, 0.29) is 0 Å². The van der Waals surface area contributed by atoms with Crippen molar-refractivity contribution in [1.29, 1.82) is 0 Å². The van der Waals surface area contributed by atoms with E-state index in [1.807, 2.05) is 12.1 Å². The van der Waals surface area contributed by atoms with E-state index in [1.165, 1.54) is 22.3 Å². The Bertz CT molecular complexity index is 543. The van der Waals surface area contributed by atoms with E-state index in [0.717, 1.165) is 16.8 Å². The summed E-state index contributed by atoms with van der Waals surface area (Å²) in [5.41, 5.74) is 5.34. The van der Waals surface area contributed by atoms with Crippen molar-refractivity contribution in [3.8, 4) is 0 Å². The Kier molecular flexibility index (Phi) is 5.06. The number of halogens is 2. The van der Waals surface area contributed by atoms with Gasteiger partial charge in [-0.05, 0) is 49.4 Å². The lowest BCUT2D eigenvalue weighted by molar-refractivity contribution is 0.774. The van der Waals surface area contributed by atoms with Gasteiger partial charge in [0.1, 0.15) is 0 Å². The molecular formula is C17H18BrCl. The van der Waals surface area contributed by atoms with Crippen molar-refractivity contribution in [3.05, 3.63) is 69.7 Å². The van der Waals surface area contributed by atoms with E-state index in [2.05, 4.69) is 60.1 Å². The molecule has 1 atom stereocenters. The smallest absolute Gasteiger partial charge is 0.0408 e. The molecule has 0 saturated heterocycles. The van der Waals surface area contributed by atoms with Crippen molar-refractivity contribution >= 4 is 27.5 Å². The predicted molar refractivity (Wildman–Crippen MR) is 87.6 cm³/mol. The molecule has 0 aliphatic rings. The third-order valence-corrected chi connectivity index (χ3v) is 4.29. The number of rotatable bonds is 4. The van der Waals surface area contributed by atoms with Crippen LogP contribution in [-0.2, 0) is 6.42 Å². The van der Waals surface area contributed by atoms with Crippen LogP contribution in [0, 0.1) is 13.8 Å². The topological polar surface area (TPSA) is 0 Å². The van der Waals surface area contributed by atoms with Crippen molar-refractivity contribution < 1.29 is 0 Å². The summed E-state index contributed by atoms with van der Waals surface area (Å²) < 4.78 is 0. The van der Waals surface area contributed by atoms with Gasteiger partial charge < -0.3 is 0 Å². The van der Waals surface area contributed by atoms with E-state index in [4.69, 9.17) is 11.6 Å².